The van der Waals surface area contributed by atoms with Crippen LogP contribution in [0.15, 0.2) is 89.1 Å². The molecule has 0 saturated heterocycles. The molecule has 0 saturated carbocycles. The molecular formula is C25H26N2O3. The third-order valence-electron chi connectivity index (χ3n) is 4.44. The minimum Gasteiger partial charge on any atom is -0.494 e. The van der Waals surface area contributed by atoms with Crippen molar-refractivity contribution in [2.24, 2.45) is 10.2 Å². The first-order chi connectivity index (χ1) is 14.7. The molecule has 0 aliphatic heterocycles. The molecule has 3 rings (SSSR count). The van der Waals surface area contributed by atoms with Gasteiger partial charge in [-0.25, -0.2) is 4.79 Å². The Morgan fingerprint density at radius 1 is 0.733 bits per heavy atom. The maximum atomic E-state index is 12.3. The van der Waals surface area contributed by atoms with Crippen molar-refractivity contribution in [3.8, 4) is 11.5 Å². The van der Waals surface area contributed by atoms with Gasteiger partial charge in [-0.05, 0) is 67.1 Å². The van der Waals surface area contributed by atoms with Crippen LogP contribution in [-0.2, 0) is 0 Å². The normalized spacial score (nSPS) is 10.8. The highest BCUT2D eigenvalue weighted by Gasteiger charge is 2.09. The SMILES string of the molecule is CCCCCCOc1ccc(C(=O)Oc2ccc(N=Nc3ccccc3)cc2)cc1. The molecular weight excluding hydrogens is 376 g/mol. The standard InChI is InChI=1S/C25H26N2O3/c1-2-3-4-8-19-29-23-15-11-20(12-16-23)25(28)30-24-17-13-22(14-18-24)27-26-21-9-6-5-7-10-21/h5-7,9-18H,2-4,8,19H2,1H3. The maximum Gasteiger partial charge on any atom is 0.343 e. The van der Waals surface area contributed by atoms with Crippen LogP contribution in [0.4, 0.5) is 11.4 Å². The van der Waals surface area contributed by atoms with E-state index < -0.39 is 5.97 Å². The van der Waals surface area contributed by atoms with E-state index in [2.05, 4.69) is 17.2 Å². The molecule has 154 valence electrons. The lowest BCUT2D eigenvalue weighted by molar-refractivity contribution is 0.0734. The van der Waals surface area contributed by atoms with Crippen LogP contribution in [0.5, 0.6) is 11.5 Å². The monoisotopic (exact) mass is 402 g/mol. The topological polar surface area (TPSA) is 60.2 Å². The van der Waals surface area contributed by atoms with E-state index in [0.717, 1.165) is 17.9 Å². The zero-order chi connectivity index (χ0) is 21.0. The van der Waals surface area contributed by atoms with Crippen LogP contribution in [0.2, 0.25) is 0 Å². The molecule has 0 N–H and O–H groups in total. The zero-order valence-corrected chi connectivity index (χ0v) is 17.2. The predicted molar refractivity (Wildman–Crippen MR) is 118 cm³/mol. The molecule has 3 aromatic carbocycles. The smallest absolute Gasteiger partial charge is 0.343 e. The van der Waals surface area contributed by atoms with Crippen LogP contribution in [-0.4, -0.2) is 12.6 Å². The van der Waals surface area contributed by atoms with Gasteiger partial charge in [-0.2, -0.15) is 10.2 Å². The highest BCUT2D eigenvalue weighted by Crippen LogP contribution is 2.22. The van der Waals surface area contributed by atoms with Gasteiger partial charge in [0.25, 0.3) is 0 Å². The fourth-order valence-electron chi connectivity index (χ4n) is 2.76. The molecule has 30 heavy (non-hydrogen) atoms. The largest absolute Gasteiger partial charge is 0.494 e. The molecule has 0 radical (unpaired) electrons. The fourth-order valence-corrected chi connectivity index (χ4v) is 2.76. The lowest BCUT2D eigenvalue weighted by Crippen LogP contribution is -2.08. The quantitative estimate of drug-likeness (QED) is 0.155. The number of carbonyl (C=O) groups is 1. The fraction of sp³-hybridized carbons (Fsp3) is 0.240. The Bertz CT molecular complexity index is 936. The van der Waals surface area contributed by atoms with Crippen LogP contribution in [0.3, 0.4) is 0 Å². The first-order valence-corrected chi connectivity index (χ1v) is 10.3. The second-order valence-corrected chi connectivity index (χ2v) is 6.85. The zero-order valence-electron chi connectivity index (χ0n) is 17.2. The van der Waals surface area contributed by atoms with Gasteiger partial charge in [0.2, 0.25) is 0 Å². The van der Waals surface area contributed by atoms with Gasteiger partial charge in [-0.1, -0.05) is 44.4 Å². The summed E-state index contributed by atoms with van der Waals surface area (Å²) < 4.78 is 11.1. The van der Waals surface area contributed by atoms with E-state index in [0.29, 0.717) is 23.6 Å². The summed E-state index contributed by atoms with van der Waals surface area (Å²) in [4.78, 5) is 12.3. The Labute approximate surface area is 177 Å². The molecule has 3 aromatic rings. The summed E-state index contributed by atoms with van der Waals surface area (Å²) in [7, 11) is 0. The van der Waals surface area contributed by atoms with Crippen molar-refractivity contribution in [2.45, 2.75) is 32.6 Å². The summed E-state index contributed by atoms with van der Waals surface area (Å²) in [5.41, 5.74) is 1.93. The van der Waals surface area contributed by atoms with Crippen molar-refractivity contribution in [3.05, 3.63) is 84.4 Å². The first-order valence-electron chi connectivity index (χ1n) is 10.3. The van der Waals surface area contributed by atoms with E-state index in [-0.39, 0.29) is 0 Å². The summed E-state index contributed by atoms with van der Waals surface area (Å²) in [5.74, 6) is 0.800. The molecule has 0 atom stereocenters. The highest BCUT2D eigenvalue weighted by molar-refractivity contribution is 5.91. The summed E-state index contributed by atoms with van der Waals surface area (Å²) in [6.07, 6.45) is 4.65. The van der Waals surface area contributed by atoms with Gasteiger partial charge in [0.1, 0.15) is 11.5 Å². The minimum absolute atomic E-state index is 0.414. The molecule has 0 aliphatic rings. The summed E-state index contributed by atoms with van der Waals surface area (Å²) >= 11 is 0. The number of azo groups is 1. The maximum absolute atomic E-state index is 12.3. The number of nitrogens with zero attached hydrogens (tertiary/aromatic N) is 2. The van der Waals surface area contributed by atoms with Gasteiger partial charge in [0.15, 0.2) is 0 Å². The van der Waals surface area contributed by atoms with E-state index >= 15 is 0 Å². The summed E-state index contributed by atoms with van der Waals surface area (Å²) in [5, 5.41) is 8.34. The Morgan fingerprint density at radius 3 is 2.03 bits per heavy atom. The number of hydrogen-bond acceptors (Lipinski definition) is 5. The average molecular weight is 402 g/mol. The molecule has 5 nitrogen and oxygen atoms in total. The third kappa shape index (κ3) is 6.85. The molecule has 5 heteroatoms. The molecule has 0 unspecified atom stereocenters. The number of esters is 1. The van der Waals surface area contributed by atoms with Gasteiger partial charge in [-0.3, -0.25) is 0 Å². The molecule has 0 spiro atoms. The van der Waals surface area contributed by atoms with Crippen LogP contribution in [0.25, 0.3) is 0 Å². The lowest BCUT2D eigenvalue weighted by atomic mass is 10.2. The average Bonchev–Trinajstić information content (AvgIpc) is 2.79. The van der Waals surface area contributed by atoms with Crippen LogP contribution >= 0.6 is 0 Å². The molecule has 0 bridgehead atoms. The van der Waals surface area contributed by atoms with E-state index in [4.69, 9.17) is 9.47 Å². The van der Waals surface area contributed by atoms with Gasteiger partial charge in [0.05, 0.1) is 23.5 Å². The lowest BCUT2D eigenvalue weighted by Gasteiger charge is -2.07. The van der Waals surface area contributed by atoms with E-state index in [1.165, 1.54) is 19.3 Å². The number of unbranched alkanes of at least 4 members (excludes halogenated alkanes) is 3. The van der Waals surface area contributed by atoms with Gasteiger partial charge in [0, 0.05) is 0 Å². The van der Waals surface area contributed by atoms with Gasteiger partial charge in [-0.15, -0.1) is 0 Å². The van der Waals surface area contributed by atoms with Crippen molar-refractivity contribution in [3.63, 3.8) is 0 Å². The van der Waals surface area contributed by atoms with Crippen molar-refractivity contribution < 1.29 is 14.3 Å². The van der Waals surface area contributed by atoms with Crippen molar-refractivity contribution in [2.75, 3.05) is 6.61 Å². The Balaban J connectivity index is 1.50. The van der Waals surface area contributed by atoms with Crippen LogP contribution in [0.1, 0.15) is 43.0 Å². The number of ether oxygens (including phenoxy) is 2. The molecule has 0 aliphatic carbocycles. The molecule has 0 fully saturated rings. The van der Waals surface area contributed by atoms with E-state index in [9.17, 15) is 4.79 Å². The number of hydrogen-bond donors (Lipinski definition) is 0. The second kappa shape index (κ2) is 11.5. The van der Waals surface area contributed by atoms with Gasteiger partial charge < -0.3 is 9.47 Å². The van der Waals surface area contributed by atoms with E-state index in [1.807, 2.05) is 30.3 Å². The Hall–Kier alpha value is -3.47. The molecule has 0 amide bonds. The predicted octanol–water partition coefficient (Wildman–Crippen LogP) is 7.28. The number of benzene rings is 3. The number of rotatable bonds is 10. The number of carbonyl (C=O) groups excluding carboxylic acids is 1. The van der Waals surface area contributed by atoms with Crippen molar-refractivity contribution in [1.82, 2.24) is 0 Å². The minimum atomic E-state index is -0.414. The van der Waals surface area contributed by atoms with E-state index in [1.54, 1.807) is 48.5 Å². The summed E-state index contributed by atoms with van der Waals surface area (Å²) in [6, 6.07) is 23.4. The Morgan fingerprint density at radius 2 is 1.37 bits per heavy atom. The van der Waals surface area contributed by atoms with Crippen molar-refractivity contribution in [1.29, 1.82) is 0 Å². The Kier molecular flexibility index (Phi) is 8.15. The van der Waals surface area contributed by atoms with Crippen LogP contribution < -0.4 is 9.47 Å². The van der Waals surface area contributed by atoms with Crippen molar-refractivity contribution >= 4 is 17.3 Å². The van der Waals surface area contributed by atoms with Gasteiger partial charge >= 0.3 is 5.97 Å². The second-order valence-electron chi connectivity index (χ2n) is 6.85. The molecule has 0 aromatic heterocycles. The van der Waals surface area contributed by atoms with Crippen LogP contribution in [0, 0.1) is 0 Å². The third-order valence-corrected chi connectivity index (χ3v) is 4.44. The first kappa shape index (κ1) is 21.2. The summed E-state index contributed by atoms with van der Waals surface area (Å²) in [6.45, 7) is 2.88. The highest BCUT2D eigenvalue weighted by atomic mass is 16.5. The molecule has 0 heterocycles.